The summed E-state index contributed by atoms with van der Waals surface area (Å²) in [7, 11) is 0. The Bertz CT molecular complexity index is 1180. The van der Waals surface area contributed by atoms with Crippen molar-refractivity contribution in [3.8, 4) is 11.1 Å². The van der Waals surface area contributed by atoms with E-state index in [4.69, 9.17) is 5.73 Å². The van der Waals surface area contributed by atoms with E-state index in [1.54, 1.807) is 6.07 Å². The number of benzene rings is 2. The molecule has 0 radical (unpaired) electrons. The zero-order chi connectivity index (χ0) is 23.0. The van der Waals surface area contributed by atoms with Crippen LogP contribution in [0.3, 0.4) is 0 Å². The van der Waals surface area contributed by atoms with Gasteiger partial charge in [0.05, 0.1) is 16.6 Å². The van der Waals surface area contributed by atoms with Crippen LogP contribution < -0.4 is 16.4 Å². The molecular weight excluding hydrogens is 426 g/mol. The number of hydrogen-bond acceptors (Lipinski definition) is 5. The number of fused-ring (bicyclic) bond motifs is 1. The number of alkyl halides is 3. The molecule has 1 aromatic heterocycles. The molecule has 10 heteroatoms. The highest BCUT2D eigenvalue weighted by Gasteiger charge is 2.31. The summed E-state index contributed by atoms with van der Waals surface area (Å²) >= 11 is 0. The summed E-state index contributed by atoms with van der Waals surface area (Å²) in [5, 5.41) is 7.15. The Hall–Kier alpha value is -3.27. The first kappa shape index (κ1) is 21.9. The van der Waals surface area contributed by atoms with Crippen molar-refractivity contribution in [1.29, 1.82) is 0 Å². The summed E-state index contributed by atoms with van der Waals surface area (Å²) in [5.41, 5.74) is 4.84. The Balaban J connectivity index is 1.85. The van der Waals surface area contributed by atoms with Gasteiger partial charge in [0, 0.05) is 23.0 Å². The maximum atomic E-state index is 14.7. The molecular formula is C22H21F4N5O. The van der Waals surface area contributed by atoms with Crippen LogP contribution in [0.5, 0.6) is 0 Å². The zero-order valence-corrected chi connectivity index (χ0v) is 17.1. The maximum absolute atomic E-state index is 14.7. The normalized spacial score (nSPS) is 19.2. The standard InChI is InChI=1S/C22H21F4N5O/c1-11-18(3-2-6-28-11)31-21-16-8-12(7-15(20(27)32)19(16)29-10-30-21)14-5-4-13(9-17(14)23)22(24,25)26/h4-5,7-11,18,28H,2-3,6H2,1H3,(H2,27,32)(H,29,30,31)/t11-,18-/m1/s1. The highest BCUT2D eigenvalue weighted by molar-refractivity contribution is 6.08. The van der Waals surface area contributed by atoms with Crippen molar-refractivity contribution in [2.24, 2.45) is 5.73 Å². The van der Waals surface area contributed by atoms with Crippen LogP contribution in [0, 0.1) is 5.82 Å². The van der Waals surface area contributed by atoms with Gasteiger partial charge in [-0.1, -0.05) is 6.07 Å². The van der Waals surface area contributed by atoms with Crippen molar-refractivity contribution in [1.82, 2.24) is 15.3 Å². The number of amides is 1. The lowest BCUT2D eigenvalue weighted by molar-refractivity contribution is -0.137. The lowest BCUT2D eigenvalue weighted by atomic mass is 9.97. The topological polar surface area (TPSA) is 92.9 Å². The Morgan fingerprint density at radius 1 is 1.22 bits per heavy atom. The van der Waals surface area contributed by atoms with Gasteiger partial charge in [-0.15, -0.1) is 0 Å². The number of piperidine rings is 1. The molecule has 2 atom stereocenters. The van der Waals surface area contributed by atoms with Crippen LogP contribution in [0.15, 0.2) is 36.7 Å². The van der Waals surface area contributed by atoms with E-state index in [9.17, 15) is 22.4 Å². The highest BCUT2D eigenvalue weighted by atomic mass is 19.4. The van der Waals surface area contributed by atoms with Crippen molar-refractivity contribution in [3.63, 3.8) is 0 Å². The molecule has 3 aromatic rings. The number of nitrogens with zero attached hydrogens (tertiary/aromatic N) is 2. The molecule has 2 heterocycles. The van der Waals surface area contributed by atoms with E-state index < -0.39 is 23.5 Å². The summed E-state index contributed by atoms with van der Waals surface area (Å²) in [6.45, 7) is 2.95. The third-order valence-corrected chi connectivity index (χ3v) is 5.70. The molecule has 168 valence electrons. The third kappa shape index (κ3) is 4.22. The fraction of sp³-hybridized carbons (Fsp3) is 0.318. The fourth-order valence-electron chi connectivity index (χ4n) is 3.97. The Morgan fingerprint density at radius 2 is 2.00 bits per heavy atom. The number of nitrogens with one attached hydrogen (secondary N) is 2. The molecule has 0 aliphatic carbocycles. The summed E-state index contributed by atoms with van der Waals surface area (Å²) in [4.78, 5) is 20.6. The van der Waals surface area contributed by atoms with Crippen LogP contribution in [0.25, 0.3) is 22.0 Å². The van der Waals surface area contributed by atoms with Crippen molar-refractivity contribution in [2.45, 2.75) is 38.0 Å². The van der Waals surface area contributed by atoms with Gasteiger partial charge < -0.3 is 16.4 Å². The van der Waals surface area contributed by atoms with Crippen LogP contribution in [0.2, 0.25) is 0 Å². The van der Waals surface area contributed by atoms with Crippen LogP contribution >= 0.6 is 0 Å². The second kappa shape index (κ2) is 8.34. The molecule has 2 aromatic carbocycles. The molecule has 1 aliphatic heterocycles. The van der Waals surface area contributed by atoms with Crippen LogP contribution in [0.4, 0.5) is 23.4 Å². The molecule has 1 aliphatic rings. The number of primary amides is 1. The van der Waals surface area contributed by atoms with Gasteiger partial charge in [-0.2, -0.15) is 13.2 Å². The van der Waals surface area contributed by atoms with Crippen LogP contribution in [0.1, 0.15) is 35.7 Å². The fourth-order valence-corrected chi connectivity index (χ4v) is 3.97. The second-order valence-electron chi connectivity index (χ2n) is 7.83. The molecule has 1 fully saturated rings. The van der Waals surface area contributed by atoms with Crippen molar-refractivity contribution in [3.05, 3.63) is 53.6 Å². The summed E-state index contributed by atoms with van der Waals surface area (Å²) in [6, 6.07) is 5.37. The van der Waals surface area contributed by atoms with E-state index in [1.165, 1.54) is 12.4 Å². The molecule has 0 spiro atoms. The molecule has 32 heavy (non-hydrogen) atoms. The number of nitrogens with two attached hydrogens (primary N) is 1. The summed E-state index contributed by atoms with van der Waals surface area (Å²) < 4.78 is 53.4. The summed E-state index contributed by atoms with van der Waals surface area (Å²) in [6.07, 6.45) is -1.50. The van der Waals surface area contributed by atoms with Gasteiger partial charge in [-0.25, -0.2) is 14.4 Å². The SMILES string of the molecule is C[C@H]1NCCC[C@H]1Nc1ncnc2c(C(N)=O)cc(-c3ccc(C(F)(F)F)cc3F)cc12. The minimum Gasteiger partial charge on any atom is -0.366 e. The number of carbonyl (C=O) groups is 1. The van der Waals surface area contributed by atoms with Gasteiger partial charge in [0.1, 0.15) is 18.0 Å². The third-order valence-electron chi connectivity index (χ3n) is 5.70. The van der Waals surface area contributed by atoms with E-state index in [-0.39, 0.29) is 34.3 Å². The highest BCUT2D eigenvalue weighted by Crippen LogP contribution is 2.35. The maximum Gasteiger partial charge on any atom is 0.416 e. The molecule has 0 saturated carbocycles. The molecule has 0 unspecified atom stereocenters. The average Bonchev–Trinajstić information content (AvgIpc) is 2.74. The second-order valence-corrected chi connectivity index (χ2v) is 7.83. The molecule has 6 nitrogen and oxygen atoms in total. The van der Waals surface area contributed by atoms with E-state index in [0.29, 0.717) is 17.3 Å². The Kier molecular flexibility index (Phi) is 5.72. The number of halogens is 4. The van der Waals surface area contributed by atoms with E-state index >= 15 is 0 Å². The van der Waals surface area contributed by atoms with Gasteiger partial charge in [-0.05, 0) is 56.1 Å². The largest absolute Gasteiger partial charge is 0.416 e. The van der Waals surface area contributed by atoms with Crippen molar-refractivity contribution < 1.29 is 22.4 Å². The number of carbonyl (C=O) groups excluding carboxylic acids is 1. The monoisotopic (exact) mass is 447 g/mol. The predicted octanol–water partition coefficient (Wildman–Crippen LogP) is 4.11. The minimum absolute atomic E-state index is 0.0251. The van der Waals surface area contributed by atoms with E-state index in [2.05, 4.69) is 20.6 Å². The van der Waals surface area contributed by atoms with Crippen molar-refractivity contribution in [2.75, 3.05) is 11.9 Å². The number of hydrogen-bond donors (Lipinski definition) is 3. The van der Waals surface area contributed by atoms with Gasteiger partial charge in [0.15, 0.2) is 0 Å². The quantitative estimate of drug-likeness (QED) is 0.524. The minimum atomic E-state index is -4.67. The first-order valence-corrected chi connectivity index (χ1v) is 10.1. The molecule has 0 bridgehead atoms. The van der Waals surface area contributed by atoms with Gasteiger partial charge >= 0.3 is 6.18 Å². The van der Waals surface area contributed by atoms with Crippen molar-refractivity contribution >= 4 is 22.6 Å². The Labute approximate surface area is 181 Å². The van der Waals surface area contributed by atoms with Gasteiger partial charge in [-0.3, -0.25) is 4.79 Å². The van der Waals surface area contributed by atoms with E-state index in [1.807, 2.05) is 6.92 Å². The molecule has 1 amide bonds. The van der Waals surface area contributed by atoms with Crippen LogP contribution in [-0.2, 0) is 6.18 Å². The molecule has 1 saturated heterocycles. The summed E-state index contributed by atoms with van der Waals surface area (Å²) in [5.74, 6) is -1.42. The number of aromatic nitrogens is 2. The Morgan fingerprint density at radius 3 is 2.66 bits per heavy atom. The molecule has 4 rings (SSSR count). The van der Waals surface area contributed by atoms with Gasteiger partial charge in [0.25, 0.3) is 5.91 Å². The average molecular weight is 447 g/mol. The molecule has 4 N–H and O–H groups in total. The number of anilines is 1. The lowest BCUT2D eigenvalue weighted by Gasteiger charge is -2.31. The van der Waals surface area contributed by atoms with Gasteiger partial charge in [0.2, 0.25) is 0 Å². The lowest BCUT2D eigenvalue weighted by Crippen LogP contribution is -2.46. The first-order chi connectivity index (χ1) is 15.1. The zero-order valence-electron chi connectivity index (χ0n) is 17.1. The van der Waals surface area contributed by atoms with E-state index in [0.717, 1.165) is 31.5 Å². The predicted molar refractivity (Wildman–Crippen MR) is 113 cm³/mol. The van der Waals surface area contributed by atoms with Crippen LogP contribution in [-0.4, -0.2) is 34.5 Å². The smallest absolute Gasteiger partial charge is 0.366 e. The number of rotatable bonds is 4. The first-order valence-electron chi connectivity index (χ1n) is 10.1.